The van der Waals surface area contributed by atoms with Gasteiger partial charge < -0.3 is 46.9 Å². The molecule has 8 amide bonds. The van der Waals surface area contributed by atoms with E-state index in [0.29, 0.717) is 69.3 Å². The Morgan fingerprint density at radius 1 is 0.846 bits per heavy atom. The third-order valence-corrected chi connectivity index (χ3v) is 11.8. The van der Waals surface area contributed by atoms with E-state index >= 15 is 0 Å². The van der Waals surface area contributed by atoms with Crippen molar-refractivity contribution in [1.82, 2.24) is 36.5 Å². The number of aryl methyl sites for hydroxylation is 1. The molecule has 1 aromatic heterocycles. The van der Waals surface area contributed by atoms with Crippen LogP contribution < -0.4 is 43.4 Å². The predicted molar refractivity (Wildman–Crippen MR) is 240 cm³/mol. The monoisotopic (exact) mass is 918 g/mol. The Balaban J connectivity index is 1.00. The number of alkyl carbamates (subject to hydrolysis) is 1. The fourth-order valence-electron chi connectivity index (χ4n) is 6.96. The van der Waals surface area contributed by atoms with Crippen molar-refractivity contribution in [3.05, 3.63) is 83.0 Å². The quantitative estimate of drug-likeness (QED) is 0.0237. The Labute approximate surface area is 380 Å². The summed E-state index contributed by atoms with van der Waals surface area (Å²) in [6.45, 7) is 3.23. The average Bonchev–Trinajstić information content (AvgIpc) is 3.85. The number of hydrogen-bond donors (Lipinski definition) is 8. The van der Waals surface area contributed by atoms with Gasteiger partial charge >= 0.3 is 12.1 Å². The standard InChI is InChI=1S/C44H58N10O10S/c1-29-38(65-28-51-29)32-12-8-30(9-13-32)24-47-26-63-37(23-45)64-27-50-43(61)62-25-31-10-14-33(15-11-31)52-39(57)34(7-5-21-49-42(46)60)53-41(59)44(18-6-19-44)40(58)48-20-3-2-4-22-54-35(55)16-17-36(54)56/h8-17,28,34,37,47H,2-7,18-27,45H2,1H3,(H,48,58)(H,50,61)(H,52,57)(H,53,59)(H3,46,49,60)/t34-,37?/m0/s1. The third-order valence-electron chi connectivity index (χ3n) is 10.8. The molecular weight excluding hydrogens is 861 g/mol. The van der Waals surface area contributed by atoms with Crippen LogP contribution in [0.1, 0.15) is 68.2 Å². The van der Waals surface area contributed by atoms with Gasteiger partial charge in [-0.25, -0.2) is 14.6 Å². The predicted octanol–water partition coefficient (Wildman–Crippen LogP) is 2.62. The second-order valence-electron chi connectivity index (χ2n) is 15.5. The number of rotatable bonds is 27. The Morgan fingerprint density at radius 3 is 2.18 bits per heavy atom. The van der Waals surface area contributed by atoms with E-state index in [0.717, 1.165) is 21.7 Å². The molecule has 2 atom stereocenters. The summed E-state index contributed by atoms with van der Waals surface area (Å²) >= 11 is 1.60. The Hall–Kier alpha value is -6.26. The van der Waals surface area contributed by atoms with E-state index in [1.165, 1.54) is 17.1 Å². The summed E-state index contributed by atoms with van der Waals surface area (Å²) < 4.78 is 16.5. The Bertz CT molecular complexity index is 2110. The van der Waals surface area contributed by atoms with Crippen molar-refractivity contribution < 1.29 is 47.8 Å². The lowest BCUT2D eigenvalue weighted by molar-refractivity contribution is -0.151. The van der Waals surface area contributed by atoms with Crippen LogP contribution in [-0.4, -0.2) is 104 Å². The summed E-state index contributed by atoms with van der Waals surface area (Å²) in [6.07, 6.45) is 4.49. The van der Waals surface area contributed by atoms with Crippen LogP contribution in [0.2, 0.25) is 0 Å². The first-order valence-corrected chi connectivity index (χ1v) is 22.4. The molecule has 0 radical (unpaired) electrons. The highest BCUT2D eigenvalue weighted by atomic mass is 32.1. The Kier molecular flexibility index (Phi) is 19.4. The summed E-state index contributed by atoms with van der Waals surface area (Å²) in [5, 5.41) is 16.5. The topological polar surface area (TPSA) is 288 Å². The molecule has 1 aliphatic heterocycles. The van der Waals surface area contributed by atoms with Crippen LogP contribution in [0.15, 0.2) is 66.2 Å². The van der Waals surface area contributed by atoms with E-state index in [4.69, 9.17) is 25.7 Å². The molecule has 2 aromatic carbocycles. The summed E-state index contributed by atoms with van der Waals surface area (Å²) in [5.41, 5.74) is 15.7. The van der Waals surface area contributed by atoms with Gasteiger partial charge in [0.1, 0.15) is 31.5 Å². The van der Waals surface area contributed by atoms with E-state index in [-0.39, 0.29) is 57.9 Å². The first kappa shape index (κ1) is 49.8. The lowest BCUT2D eigenvalue weighted by Gasteiger charge is -2.39. The minimum Gasteiger partial charge on any atom is -0.445 e. The van der Waals surface area contributed by atoms with Crippen molar-refractivity contribution in [2.75, 3.05) is 45.0 Å². The first-order chi connectivity index (χ1) is 31.4. The SMILES string of the molecule is Cc1ncsc1-c1ccc(CNCOC(CN)OCNC(=O)OCc2ccc(NC(=O)[C@H](CCCNC(N)=O)NC(=O)C3(C(=O)NCCCCCN4C(=O)C=CC4=O)CCC3)cc2)cc1. The summed E-state index contributed by atoms with van der Waals surface area (Å²) in [4.78, 5) is 94.2. The number of carbonyl (C=O) groups excluding carboxylic acids is 7. The molecule has 1 fully saturated rings. The number of carbonyl (C=O) groups is 7. The van der Waals surface area contributed by atoms with Gasteiger partial charge in [0, 0.05) is 50.6 Å². The molecule has 0 spiro atoms. The zero-order chi connectivity index (χ0) is 46.6. The van der Waals surface area contributed by atoms with E-state index in [9.17, 15) is 33.6 Å². The molecule has 0 bridgehead atoms. The number of nitrogens with zero attached hydrogens (tertiary/aromatic N) is 2. The van der Waals surface area contributed by atoms with Gasteiger partial charge in [-0.15, -0.1) is 11.3 Å². The van der Waals surface area contributed by atoms with Crippen molar-refractivity contribution in [3.63, 3.8) is 0 Å². The van der Waals surface area contributed by atoms with Gasteiger partial charge in [-0.2, -0.15) is 0 Å². The number of nitrogens with one attached hydrogen (secondary N) is 6. The van der Waals surface area contributed by atoms with Gasteiger partial charge in [0.15, 0.2) is 6.29 Å². The number of primary amides is 1. The third kappa shape index (κ3) is 15.2. The molecule has 1 saturated carbocycles. The lowest BCUT2D eigenvalue weighted by Crippen LogP contribution is -2.58. The molecule has 3 aromatic rings. The number of hydrogen-bond acceptors (Lipinski definition) is 14. The largest absolute Gasteiger partial charge is 0.445 e. The number of aromatic nitrogens is 1. The first-order valence-electron chi connectivity index (χ1n) is 21.5. The minimum atomic E-state index is -1.33. The number of urea groups is 1. The maximum atomic E-state index is 13.7. The van der Waals surface area contributed by atoms with Crippen LogP contribution in [0.25, 0.3) is 10.4 Å². The van der Waals surface area contributed by atoms with Crippen molar-refractivity contribution in [3.8, 4) is 10.4 Å². The van der Waals surface area contributed by atoms with Gasteiger partial charge in [0.05, 0.1) is 16.1 Å². The maximum absolute atomic E-state index is 13.7. The molecule has 2 heterocycles. The molecule has 350 valence electrons. The number of anilines is 1. The highest BCUT2D eigenvalue weighted by molar-refractivity contribution is 7.13. The number of imide groups is 1. The molecule has 20 nitrogen and oxygen atoms in total. The number of nitrogens with two attached hydrogens (primary N) is 2. The summed E-state index contributed by atoms with van der Waals surface area (Å²) in [5.74, 6) is -2.22. The summed E-state index contributed by atoms with van der Waals surface area (Å²) in [6, 6.07) is 12.9. The Morgan fingerprint density at radius 2 is 1.54 bits per heavy atom. The number of unbranched alkanes of at least 4 members (excludes halogenated alkanes) is 2. The molecule has 1 unspecified atom stereocenters. The van der Waals surface area contributed by atoms with Crippen LogP contribution >= 0.6 is 11.3 Å². The fourth-order valence-corrected chi connectivity index (χ4v) is 7.77. The van der Waals surface area contributed by atoms with Crippen molar-refractivity contribution in [1.29, 1.82) is 0 Å². The molecular formula is C44H58N10O10S. The zero-order valence-corrected chi connectivity index (χ0v) is 37.2. The lowest BCUT2D eigenvalue weighted by atomic mass is 9.67. The van der Waals surface area contributed by atoms with E-state index < -0.39 is 47.6 Å². The molecule has 65 heavy (non-hydrogen) atoms. The van der Waals surface area contributed by atoms with Crippen LogP contribution in [0.5, 0.6) is 0 Å². The van der Waals surface area contributed by atoms with Crippen LogP contribution in [0.3, 0.4) is 0 Å². The highest BCUT2D eigenvalue weighted by Crippen LogP contribution is 2.41. The number of ether oxygens (including phenoxy) is 3. The van der Waals surface area contributed by atoms with Gasteiger partial charge in [-0.1, -0.05) is 42.8 Å². The smallest absolute Gasteiger partial charge is 0.409 e. The molecule has 1 aliphatic carbocycles. The normalized spacial score (nSPS) is 14.8. The number of benzene rings is 2. The fraction of sp³-hybridized carbons (Fsp3) is 0.455. The second kappa shape index (κ2) is 25.3. The highest BCUT2D eigenvalue weighted by Gasteiger charge is 2.51. The van der Waals surface area contributed by atoms with Crippen molar-refractivity contribution >= 4 is 58.7 Å². The van der Waals surface area contributed by atoms with E-state index in [1.54, 1.807) is 35.6 Å². The van der Waals surface area contributed by atoms with Gasteiger partial charge in [0.2, 0.25) is 17.7 Å². The molecule has 0 saturated heterocycles. The minimum absolute atomic E-state index is 0.0547. The van der Waals surface area contributed by atoms with Crippen LogP contribution in [-0.2, 0) is 51.3 Å². The summed E-state index contributed by atoms with van der Waals surface area (Å²) in [7, 11) is 0. The van der Waals surface area contributed by atoms with E-state index in [1.807, 2.05) is 24.6 Å². The second-order valence-corrected chi connectivity index (χ2v) is 16.3. The van der Waals surface area contributed by atoms with Gasteiger partial charge in [0.25, 0.3) is 11.8 Å². The molecule has 2 aliphatic rings. The number of thiazole rings is 1. The van der Waals surface area contributed by atoms with Crippen LogP contribution in [0.4, 0.5) is 15.3 Å². The molecule has 10 N–H and O–H groups in total. The van der Waals surface area contributed by atoms with Gasteiger partial charge in [-0.3, -0.25) is 39.5 Å². The maximum Gasteiger partial charge on any atom is 0.409 e. The molecule has 5 rings (SSSR count). The average molecular weight is 919 g/mol. The van der Waals surface area contributed by atoms with E-state index in [2.05, 4.69) is 49.0 Å². The van der Waals surface area contributed by atoms with Crippen molar-refractivity contribution in [2.45, 2.75) is 83.8 Å². The van der Waals surface area contributed by atoms with Crippen LogP contribution in [0, 0.1) is 12.3 Å². The van der Waals surface area contributed by atoms with Gasteiger partial charge in [-0.05, 0) is 80.7 Å². The number of amides is 8. The molecule has 21 heteroatoms. The zero-order valence-electron chi connectivity index (χ0n) is 36.4. The van der Waals surface area contributed by atoms with Crippen molar-refractivity contribution in [2.24, 2.45) is 16.9 Å².